The molecule has 1 aliphatic rings. The molecule has 0 radical (unpaired) electrons. The molecule has 98 valence electrons. The molecule has 2 heterocycles. The van der Waals surface area contributed by atoms with Crippen molar-refractivity contribution in [2.75, 3.05) is 24.6 Å². The summed E-state index contributed by atoms with van der Waals surface area (Å²) in [5.74, 6) is 0.597. The molecule has 0 saturated carbocycles. The van der Waals surface area contributed by atoms with Crippen LogP contribution in [0.4, 0.5) is 5.95 Å². The van der Waals surface area contributed by atoms with E-state index < -0.39 is 7.12 Å². The number of piperidine rings is 1. The number of rotatable bonds is 3. The van der Waals surface area contributed by atoms with Crippen LogP contribution in [0.1, 0.15) is 19.8 Å². The normalized spacial score (nSPS) is 18.8. The van der Waals surface area contributed by atoms with Gasteiger partial charge in [-0.15, -0.1) is 0 Å². The third-order valence-electron chi connectivity index (χ3n) is 3.59. The second-order valence-electron chi connectivity index (χ2n) is 5.15. The second kappa shape index (κ2) is 5.21. The predicted molar refractivity (Wildman–Crippen MR) is 68.5 cm³/mol. The first-order valence-electron chi connectivity index (χ1n) is 6.08. The van der Waals surface area contributed by atoms with Crippen molar-refractivity contribution in [2.24, 2.45) is 5.41 Å². The molecule has 3 N–H and O–H groups in total. The van der Waals surface area contributed by atoms with Crippen LogP contribution in [-0.4, -0.2) is 51.9 Å². The number of anilines is 1. The Kier molecular flexibility index (Phi) is 3.84. The van der Waals surface area contributed by atoms with Gasteiger partial charge in [0.2, 0.25) is 5.95 Å². The van der Waals surface area contributed by atoms with Gasteiger partial charge in [0.25, 0.3) is 0 Å². The molecule has 18 heavy (non-hydrogen) atoms. The van der Waals surface area contributed by atoms with Crippen LogP contribution in [0, 0.1) is 5.41 Å². The van der Waals surface area contributed by atoms with Gasteiger partial charge in [0.15, 0.2) is 0 Å². The van der Waals surface area contributed by atoms with E-state index in [2.05, 4.69) is 16.9 Å². The highest BCUT2D eigenvalue weighted by atomic mass is 16.4. The van der Waals surface area contributed by atoms with Crippen molar-refractivity contribution in [3.05, 3.63) is 12.4 Å². The first-order valence-corrected chi connectivity index (χ1v) is 6.08. The van der Waals surface area contributed by atoms with Crippen LogP contribution in [0.3, 0.4) is 0 Å². The van der Waals surface area contributed by atoms with Crippen molar-refractivity contribution in [2.45, 2.75) is 19.8 Å². The van der Waals surface area contributed by atoms with Gasteiger partial charge in [-0.25, -0.2) is 9.97 Å². The molecule has 6 nitrogen and oxygen atoms in total. The summed E-state index contributed by atoms with van der Waals surface area (Å²) < 4.78 is 0. The van der Waals surface area contributed by atoms with Crippen molar-refractivity contribution < 1.29 is 15.2 Å². The molecule has 0 aliphatic carbocycles. The average molecular weight is 251 g/mol. The van der Waals surface area contributed by atoms with Crippen molar-refractivity contribution in [1.82, 2.24) is 9.97 Å². The van der Waals surface area contributed by atoms with Gasteiger partial charge in [0, 0.05) is 37.6 Å². The second-order valence-corrected chi connectivity index (χ2v) is 5.15. The van der Waals surface area contributed by atoms with Gasteiger partial charge in [0.05, 0.1) is 0 Å². The highest BCUT2D eigenvalue weighted by Gasteiger charge is 2.30. The van der Waals surface area contributed by atoms with E-state index in [4.69, 9.17) is 10.0 Å². The molecule has 0 spiro atoms. The van der Waals surface area contributed by atoms with Crippen molar-refractivity contribution in [3.8, 4) is 0 Å². The largest absolute Gasteiger partial charge is 0.491 e. The monoisotopic (exact) mass is 251 g/mol. The van der Waals surface area contributed by atoms with E-state index in [0.717, 1.165) is 25.9 Å². The molecule has 2 rings (SSSR count). The Morgan fingerprint density at radius 3 is 2.28 bits per heavy atom. The Morgan fingerprint density at radius 2 is 1.83 bits per heavy atom. The van der Waals surface area contributed by atoms with Crippen LogP contribution in [-0.2, 0) is 0 Å². The van der Waals surface area contributed by atoms with Crippen molar-refractivity contribution >= 4 is 18.5 Å². The third kappa shape index (κ3) is 2.80. The topological polar surface area (TPSA) is 89.7 Å². The van der Waals surface area contributed by atoms with Gasteiger partial charge in [0.1, 0.15) is 0 Å². The third-order valence-corrected chi connectivity index (χ3v) is 3.59. The quantitative estimate of drug-likeness (QED) is 0.582. The van der Waals surface area contributed by atoms with Gasteiger partial charge in [-0.2, -0.15) is 0 Å². The lowest BCUT2D eigenvalue weighted by Crippen LogP contribution is -2.41. The molecular weight excluding hydrogens is 233 g/mol. The zero-order chi connectivity index (χ0) is 13.2. The zero-order valence-corrected chi connectivity index (χ0v) is 10.5. The number of aliphatic hydroxyl groups excluding tert-OH is 1. The summed E-state index contributed by atoms with van der Waals surface area (Å²) in [5, 5.41) is 27.2. The highest BCUT2D eigenvalue weighted by Crippen LogP contribution is 2.30. The van der Waals surface area contributed by atoms with Gasteiger partial charge in [-0.05, 0) is 18.3 Å². The Labute approximate surface area is 106 Å². The van der Waals surface area contributed by atoms with Crippen LogP contribution in [0.15, 0.2) is 12.4 Å². The summed E-state index contributed by atoms with van der Waals surface area (Å²) in [6.45, 7) is 3.89. The maximum Gasteiger partial charge on any atom is 0.491 e. The standard InChI is InChI=1S/C11H18BN3O3/c1-11(8-16)2-4-15(5-3-11)10-13-6-9(7-14-10)12(17)18/h6-7,16-18H,2-5,8H2,1H3. The first-order chi connectivity index (χ1) is 8.54. The molecule has 0 amide bonds. The molecule has 0 bridgehead atoms. The number of aliphatic hydroxyl groups is 1. The van der Waals surface area contributed by atoms with Crippen molar-refractivity contribution in [3.63, 3.8) is 0 Å². The maximum atomic E-state index is 9.30. The molecule has 0 aromatic carbocycles. The van der Waals surface area contributed by atoms with Crippen LogP contribution in [0.25, 0.3) is 0 Å². The molecule has 7 heteroatoms. The van der Waals surface area contributed by atoms with E-state index in [9.17, 15) is 5.11 Å². The van der Waals surface area contributed by atoms with Gasteiger partial charge < -0.3 is 20.1 Å². The number of hydrogen-bond donors (Lipinski definition) is 3. The van der Waals surface area contributed by atoms with E-state index >= 15 is 0 Å². The summed E-state index contributed by atoms with van der Waals surface area (Å²) in [5.41, 5.74) is 0.286. The smallest absolute Gasteiger partial charge is 0.423 e. The molecule has 1 fully saturated rings. The van der Waals surface area contributed by atoms with E-state index in [1.165, 1.54) is 12.4 Å². The minimum atomic E-state index is -1.53. The average Bonchev–Trinajstić information content (AvgIpc) is 2.40. The fourth-order valence-electron chi connectivity index (χ4n) is 2.03. The summed E-state index contributed by atoms with van der Waals surface area (Å²) in [4.78, 5) is 10.3. The van der Waals surface area contributed by atoms with Crippen LogP contribution < -0.4 is 10.4 Å². The highest BCUT2D eigenvalue weighted by molar-refractivity contribution is 6.58. The lowest BCUT2D eigenvalue weighted by Gasteiger charge is -2.38. The predicted octanol–water partition coefficient (Wildman–Crippen LogP) is -1.24. The fraction of sp³-hybridized carbons (Fsp3) is 0.636. The van der Waals surface area contributed by atoms with Gasteiger partial charge >= 0.3 is 7.12 Å². The zero-order valence-electron chi connectivity index (χ0n) is 10.5. The Morgan fingerprint density at radius 1 is 1.28 bits per heavy atom. The maximum absolute atomic E-state index is 9.30. The Hall–Kier alpha value is -1.18. The van der Waals surface area contributed by atoms with E-state index in [0.29, 0.717) is 5.95 Å². The van der Waals surface area contributed by atoms with E-state index in [-0.39, 0.29) is 17.5 Å². The summed E-state index contributed by atoms with van der Waals surface area (Å²) >= 11 is 0. The number of aromatic nitrogens is 2. The first kappa shape index (κ1) is 13.3. The van der Waals surface area contributed by atoms with E-state index in [1.54, 1.807) is 0 Å². The molecule has 1 aliphatic heterocycles. The minimum Gasteiger partial charge on any atom is -0.423 e. The lowest BCUT2D eigenvalue weighted by atomic mass is 9.81. The fourth-order valence-corrected chi connectivity index (χ4v) is 2.03. The molecule has 1 aromatic heterocycles. The Bertz CT molecular complexity index is 391. The SMILES string of the molecule is CC1(CO)CCN(c2ncc(B(O)O)cn2)CC1. The minimum absolute atomic E-state index is 0.00225. The molecule has 0 atom stereocenters. The van der Waals surface area contributed by atoms with Gasteiger partial charge in [-0.1, -0.05) is 6.92 Å². The van der Waals surface area contributed by atoms with Gasteiger partial charge in [-0.3, -0.25) is 0 Å². The Balaban J connectivity index is 2.01. The number of hydrogen-bond acceptors (Lipinski definition) is 6. The lowest BCUT2D eigenvalue weighted by molar-refractivity contribution is 0.114. The van der Waals surface area contributed by atoms with Crippen LogP contribution >= 0.6 is 0 Å². The van der Waals surface area contributed by atoms with E-state index in [1.807, 2.05) is 4.90 Å². The summed E-state index contributed by atoms with van der Waals surface area (Å²) in [7, 11) is -1.53. The summed E-state index contributed by atoms with van der Waals surface area (Å²) in [6, 6.07) is 0. The van der Waals surface area contributed by atoms with Crippen LogP contribution in [0.5, 0.6) is 0 Å². The number of nitrogens with zero attached hydrogens (tertiary/aromatic N) is 3. The van der Waals surface area contributed by atoms with Crippen molar-refractivity contribution in [1.29, 1.82) is 0 Å². The molecule has 1 aromatic rings. The summed E-state index contributed by atoms with van der Waals surface area (Å²) in [6.07, 6.45) is 4.65. The molecule has 1 saturated heterocycles. The molecular formula is C11H18BN3O3. The van der Waals surface area contributed by atoms with Crippen LogP contribution in [0.2, 0.25) is 0 Å². The molecule has 0 unspecified atom stereocenters.